The zero-order chi connectivity index (χ0) is 13.7. The molecular weight excluding hydrogens is 238 g/mol. The van der Waals surface area contributed by atoms with Gasteiger partial charge in [0, 0.05) is 18.1 Å². The lowest BCUT2D eigenvalue weighted by Gasteiger charge is -2.15. The fourth-order valence-electron chi connectivity index (χ4n) is 1.86. The fourth-order valence-corrected chi connectivity index (χ4v) is 1.86. The third kappa shape index (κ3) is 3.16. The van der Waals surface area contributed by atoms with E-state index in [1.165, 1.54) is 12.4 Å². The molecule has 1 aromatic heterocycles. The van der Waals surface area contributed by atoms with Crippen molar-refractivity contribution in [2.75, 3.05) is 5.32 Å². The van der Waals surface area contributed by atoms with E-state index in [0.717, 1.165) is 17.7 Å². The first kappa shape index (κ1) is 13.2. The molecule has 0 aliphatic rings. The molecule has 1 heterocycles. The number of aromatic nitrogens is 2. The van der Waals surface area contributed by atoms with Gasteiger partial charge in [0.2, 0.25) is 0 Å². The van der Waals surface area contributed by atoms with Crippen LogP contribution in [0.15, 0.2) is 42.9 Å². The minimum absolute atomic E-state index is 0.233. The second kappa shape index (κ2) is 6.09. The number of amides is 1. The first-order valence-corrected chi connectivity index (χ1v) is 6.38. The van der Waals surface area contributed by atoms with Crippen LogP contribution in [0, 0.1) is 0 Å². The van der Waals surface area contributed by atoms with Crippen molar-refractivity contribution in [3.8, 4) is 0 Å². The second-order valence-corrected chi connectivity index (χ2v) is 4.44. The van der Waals surface area contributed by atoms with Crippen LogP contribution >= 0.6 is 0 Å². The SMILES string of the molecule is CC[C@H](C)c1ccccc1NC(=O)c1cnccn1. The number of hydrogen-bond acceptors (Lipinski definition) is 3. The molecule has 4 nitrogen and oxygen atoms in total. The molecule has 0 aliphatic carbocycles. The van der Waals surface area contributed by atoms with Gasteiger partial charge in [0.15, 0.2) is 0 Å². The number of nitrogens with one attached hydrogen (secondary N) is 1. The highest BCUT2D eigenvalue weighted by atomic mass is 16.1. The Morgan fingerprint density at radius 1 is 1.32 bits per heavy atom. The van der Waals surface area contributed by atoms with Crippen LogP contribution in [0.1, 0.15) is 42.2 Å². The third-order valence-corrected chi connectivity index (χ3v) is 3.15. The zero-order valence-corrected chi connectivity index (χ0v) is 11.1. The van der Waals surface area contributed by atoms with Gasteiger partial charge in [-0.3, -0.25) is 9.78 Å². The lowest BCUT2D eigenvalue weighted by atomic mass is 9.97. The molecule has 98 valence electrons. The Kier molecular flexibility index (Phi) is 4.23. The van der Waals surface area contributed by atoms with E-state index in [4.69, 9.17) is 0 Å². The van der Waals surface area contributed by atoms with E-state index in [2.05, 4.69) is 29.1 Å². The van der Waals surface area contributed by atoms with Crippen LogP contribution in [0.25, 0.3) is 0 Å². The normalized spacial score (nSPS) is 11.9. The van der Waals surface area contributed by atoms with Gasteiger partial charge in [0.1, 0.15) is 5.69 Å². The molecule has 0 radical (unpaired) electrons. The van der Waals surface area contributed by atoms with Gasteiger partial charge in [0.05, 0.1) is 6.20 Å². The number of hydrogen-bond donors (Lipinski definition) is 1. The van der Waals surface area contributed by atoms with Crippen molar-refractivity contribution < 1.29 is 4.79 Å². The molecule has 4 heteroatoms. The summed E-state index contributed by atoms with van der Waals surface area (Å²) in [5.74, 6) is 0.169. The maximum atomic E-state index is 12.1. The lowest BCUT2D eigenvalue weighted by molar-refractivity contribution is 0.102. The Morgan fingerprint density at radius 2 is 2.11 bits per heavy atom. The van der Waals surface area contributed by atoms with Crippen molar-refractivity contribution in [1.82, 2.24) is 9.97 Å². The van der Waals surface area contributed by atoms with Gasteiger partial charge in [0.25, 0.3) is 5.91 Å². The van der Waals surface area contributed by atoms with Crippen molar-refractivity contribution in [3.63, 3.8) is 0 Å². The zero-order valence-electron chi connectivity index (χ0n) is 11.1. The maximum absolute atomic E-state index is 12.1. The molecule has 2 aromatic rings. The van der Waals surface area contributed by atoms with Gasteiger partial charge < -0.3 is 5.32 Å². The number of benzene rings is 1. The van der Waals surface area contributed by atoms with Crippen LogP contribution in [0.5, 0.6) is 0 Å². The molecule has 0 spiro atoms. The monoisotopic (exact) mass is 255 g/mol. The fraction of sp³-hybridized carbons (Fsp3) is 0.267. The van der Waals surface area contributed by atoms with Gasteiger partial charge in [-0.1, -0.05) is 32.0 Å². The summed E-state index contributed by atoms with van der Waals surface area (Å²) in [6.07, 6.45) is 5.54. The van der Waals surface area contributed by atoms with Crippen LogP contribution in [-0.2, 0) is 0 Å². The summed E-state index contributed by atoms with van der Waals surface area (Å²) in [6.45, 7) is 4.28. The van der Waals surface area contributed by atoms with Crippen molar-refractivity contribution in [2.24, 2.45) is 0 Å². The van der Waals surface area contributed by atoms with Crippen LogP contribution in [0.4, 0.5) is 5.69 Å². The van der Waals surface area contributed by atoms with E-state index < -0.39 is 0 Å². The van der Waals surface area contributed by atoms with Gasteiger partial charge in [-0.25, -0.2) is 4.98 Å². The van der Waals surface area contributed by atoms with E-state index in [1.807, 2.05) is 24.3 Å². The Labute approximate surface area is 112 Å². The predicted molar refractivity (Wildman–Crippen MR) is 75.1 cm³/mol. The van der Waals surface area contributed by atoms with Crippen LogP contribution in [0.3, 0.4) is 0 Å². The molecule has 1 N–H and O–H groups in total. The highest BCUT2D eigenvalue weighted by molar-refractivity contribution is 6.03. The molecular formula is C15H17N3O. The summed E-state index contributed by atoms with van der Waals surface area (Å²) in [4.78, 5) is 20.0. The van der Waals surface area contributed by atoms with Gasteiger partial charge in [-0.05, 0) is 24.0 Å². The van der Waals surface area contributed by atoms with Gasteiger partial charge in [-0.15, -0.1) is 0 Å². The smallest absolute Gasteiger partial charge is 0.275 e. The average Bonchev–Trinajstić information content (AvgIpc) is 2.48. The molecule has 0 unspecified atom stereocenters. The van der Waals surface area contributed by atoms with E-state index in [9.17, 15) is 4.79 Å². The minimum atomic E-state index is -0.233. The number of para-hydroxylation sites is 1. The predicted octanol–water partition coefficient (Wildman–Crippen LogP) is 3.24. The van der Waals surface area contributed by atoms with E-state index in [0.29, 0.717) is 11.6 Å². The summed E-state index contributed by atoms with van der Waals surface area (Å²) >= 11 is 0. The van der Waals surface area contributed by atoms with E-state index in [-0.39, 0.29) is 5.91 Å². The molecule has 0 fully saturated rings. The number of nitrogens with zero attached hydrogens (tertiary/aromatic N) is 2. The molecule has 0 bridgehead atoms. The van der Waals surface area contributed by atoms with Crippen molar-refractivity contribution >= 4 is 11.6 Å². The lowest BCUT2D eigenvalue weighted by Crippen LogP contribution is -2.15. The molecule has 19 heavy (non-hydrogen) atoms. The molecule has 0 aliphatic heterocycles. The molecule has 0 saturated carbocycles. The van der Waals surface area contributed by atoms with E-state index in [1.54, 1.807) is 6.20 Å². The van der Waals surface area contributed by atoms with Crippen molar-refractivity contribution in [2.45, 2.75) is 26.2 Å². The van der Waals surface area contributed by atoms with Crippen LogP contribution < -0.4 is 5.32 Å². The first-order valence-electron chi connectivity index (χ1n) is 6.38. The summed E-state index contributed by atoms with van der Waals surface area (Å²) in [5.41, 5.74) is 2.30. The molecule has 2 rings (SSSR count). The molecule has 0 saturated heterocycles. The third-order valence-electron chi connectivity index (χ3n) is 3.15. The summed E-state index contributed by atoms with van der Waals surface area (Å²) in [6, 6.07) is 7.86. The number of carbonyl (C=O) groups excluding carboxylic acids is 1. The number of rotatable bonds is 4. The summed E-state index contributed by atoms with van der Waals surface area (Å²) < 4.78 is 0. The Morgan fingerprint density at radius 3 is 2.79 bits per heavy atom. The van der Waals surface area contributed by atoms with E-state index >= 15 is 0 Å². The highest BCUT2D eigenvalue weighted by Crippen LogP contribution is 2.26. The van der Waals surface area contributed by atoms with Crippen LogP contribution in [-0.4, -0.2) is 15.9 Å². The Balaban J connectivity index is 2.22. The van der Waals surface area contributed by atoms with Gasteiger partial charge in [-0.2, -0.15) is 0 Å². The summed E-state index contributed by atoms with van der Waals surface area (Å²) in [5, 5.41) is 2.90. The van der Waals surface area contributed by atoms with Crippen LogP contribution in [0.2, 0.25) is 0 Å². The largest absolute Gasteiger partial charge is 0.320 e. The topological polar surface area (TPSA) is 54.9 Å². The molecule has 1 atom stereocenters. The molecule has 1 amide bonds. The van der Waals surface area contributed by atoms with Crippen molar-refractivity contribution in [1.29, 1.82) is 0 Å². The average molecular weight is 255 g/mol. The minimum Gasteiger partial charge on any atom is -0.320 e. The Bertz CT molecular complexity index is 554. The Hall–Kier alpha value is -2.23. The summed E-state index contributed by atoms with van der Waals surface area (Å²) in [7, 11) is 0. The standard InChI is InChI=1S/C15H17N3O/c1-3-11(2)12-6-4-5-7-13(12)18-15(19)14-10-16-8-9-17-14/h4-11H,3H2,1-2H3,(H,18,19)/t11-/m0/s1. The highest BCUT2D eigenvalue weighted by Gasteiger charge is 2.12. The number of anilines is 1. The van der Waals surface area contributed by atoms with Gasteiger partial charge >= 0.3 is 0 Å². The second-order valence-electron chi connectivity index (χ2n) is 4.44. The quantitative estimate of drug-likeness (QED) is 0.912. The maximum Gasteiger partial charge on any atom is 0.275 e. The van der Waals surface area contributed by atoms with Crippen molar-refractivity contribution in [3.05, 3.63) is 54.1 Å². The number of carbonyl (C=O) groups is 1. The molecule has 1 aromatic carbocycles. The first-order chi connectivity index (χ1) is 9.22.